The number of amides is 2. The maximum Gasteiger partial charge on any atom is 0.233 e. The maximum absolute atomic E-state index is 12.6. The average molecular weight is 329 g/mol. The molecule has 0 saturated carbocycles. The lowest BCUT2D eigenvalue weighted by molar-refractivity contribution is -0.139. The largest absolute Gasteiger partial charge is 0.493 e. The number of carbonyl (C=O) groups excluding carboxylic acids is 2. The van der Waals surface area contributed by atoms with Gasteiger partial charge in [-0.05, 0) is 43.9 Å². The van der Waals surface area contributed by atoms with Crippen LogP contribution in [0.2, 0.25) is 0 Å². The van der Waals surface area contributed by atoms with Gasteiger partial charge in [0, 0.05) is 6.54 Å². The van der Waals surface area contributed by atoms with Crippen molar-refractivity contribution in [1.29, 1.82) is 0 Å². The van der Waals surface area contributed by atoms with E-state index >= 15 is 0 Å². The minimum absolute atomic E-state index is 0.0158. The summed E-state index contributed by atoms with van der Waals surface area (Å²) in [6, 6.07) is 5.67. The lowest BCUT2D eigenvalue weighted by atomic mass is 9.82. The van der Waals surface area contributed by atoms with Crippen LogP contribution < -0.4 is 9.47 Å². The fraction of sp³-hybridized carbons (Fsp3) is 0.474. The monoisotopic (exact) mass is 329 g/mol. The van der Waals surface area contributed by atoms with Crippen LogP contribution in [-0.2, 0) is 16.0 Å². The van der Waals surface area contributed by atoms with Crippen LogP contribution in [0.1, 0.15) is 25.3 Å². The molecule has 24 heavy (non-hydrogen) atoms. The highest BCUT2D eigenvalue weighted by Gasteiger charge is 2.47. The molecular weight excluding hydrogens is 306 g/mol. The van der Waals surface area contributed by atoms with Gasteiger partial charge in [0.1, 0.15) is 0 Å². The molecule has 5 heteroatoms. The van der Waals surface area contributed by atoms with Gasteiger partial charge in [-0.1, -0.05) is 17.7 Å². The average Bonchev–Trinajstić information content (AvgIpc) is 2.83. The third-order valence-electron chi connectivity index (χ3n) is 4.99. The van der Waals surface area contributed by atoms with Crippen LogP contribution >= 0.6 is 0 Å². The van der Waals surface area contributed by atoms with E-state index in [9.17, 15) is 9.59 Å². The molecule has 1 aliphatic heterocycles. The van der Waals surface area contributed by atoms with Gasteiger partial charge in [0.15, 0.2) is 11.5 Å². The topological polar surface area (TPSA) is 55.8 Å². The van der Waals surface area contributed by atoms with Gasteiger partial charge in [-0.2, -0.15) is 0 Å². The molecule has 1 fully saturated rings. The minimum atomic E-state index is -0.161. The molecule has 1 aromatic rings. The number of methoxy groups -OCH3 is 2. The highest BCUT2D eigenvalue weighted by atomic mass is 16.5. The van der Waals surface area contributed by atoms with Crippen molar-refractivity contribution in [3.8, 4) is 11.5 Å². The number of hydrogen-bond acceptors (Lipinski definition) is 4. The second kappa shape index (κ2) is 6.67. The van der Waals surface area contributed by atoms with Crippen LogP contribution in [0.3, 0.4) is 0 Å². The first kappa shape index (κ1) is 16.6. The van der Waals surface area contributed by atoms with E-state index in [4.69, 9.17) is 9.47 Å². The maximum atomic E-state index is 12.6. The number of fused-ring (bicyclic) bond motifs is 1. The molecule has 1 aliphatic carbocycles. The summed E-state index contributed by atoms with van der Waals surface area (Å²) in [6.45, 7) is 2.44. The van der Waals surface area contributed by atoms with E-state index in [1.807, 2.05) is 25.1 Å². The van der Waals surface area contributed by atoms with E-state index in [0.717, 1.165) is 5.56 Å². The number of rotatable bonds is 5. The summed E-state index contributed by atoms with van der Waals surface area (Å²) in [6.07, 6.45) is 4.10. The van der Waals surface area contributed by atoms with Gasteiger partial charge in [0.2, 0.25) is 11.8 Å². The van der Waals surface area contributed by atoms with Crippen LogP contribution in [0.25, 0.3) is 0 Å². The van der Waals surface area contributed by atoms with Crippen molar-refractivity contribution < 1.29 is 19.1 Å². The summed E-state index contributed by atoms with van der Waals surface area (Å²) in [5.41, 5.74) is 2.22. The van der Waals surface area contributed by atoms with Crippen molar-refractivity contribution in [2.75, 3.05) is 20.8 Å². The molecule has 3 rings (SSSR count). The Bertz CT molecular complexity index is 695. The molecule has 128 valence electrons. The van der Waals surface area contributed by atoms with E-state index in [-0.39, 0.29) is 23.7 Å². The van der Waals surface area contributed by atoms with Gasteiger partial charge in [-0.15, -0.1) is 0 Å². The zero-order chi connectivity index (χ0) is 17.3. The number of ether oxygens (including phenoxy) is 2. The highest BCUT2D eigenvalue weighted by Crippen LogP contribution is 2.37. The molecule has 2 aliphatic rings. The SMILES string of the molecule is COc1ccc(CCN2C(=O)[C@H]3CC=C(C)C[C@@H]3C2=O)cc1OC. The van der Waals surface area contributed by atoms with Crippen LogP contribution in [0.15, 0.2) is 29.8 Å². The zero-order valence-corrected chi connectivity index (χ0v) is 14.4. The molecule has 0 bridgehead atoms. The van der Waals surface area contributed by atoms with Crippen molar-refractivity contribution in [1.82, 2.24) is 4.90 Å². The predicted octanol–water partition coefficient (Wildman–Crippen LogP) is 2.59. The summed E-state index contributed by atoms with van der Waals surface area (Å²) >= 11 is 0. The van der Waals surface area contributed by atoms with Gasteiger partial charge in [0.25, 0.3) is 0 Å². The standard InChI is InChI=1S/C19H23NO4/c1-12-4-6-14-15(10-12)19(22)20(18(14)21)9-8-13-5-7-16(23-2)17(11-13)24-3/h4-5,7,11,14-15H,6,8-10H2,1-3H3/t14-,15-/m0/s1. The lowest BCUT2D eigenvalue weighted by Crippen LogP contribution is -2.33. The summed E-state index contributed by atoms with van der Waals surface area (Å²) in [7, 11) is 3.19. The van der Waals surface area contributed by atoms with Gasteiger partial charge >= 0.3 is 0 Å². The van der Waals surface area contributed by atoms with Crippen molar-refractivity contribution in [3.63, 3.8) is 0 Å². The van der Waals surface area contributed by atoms with Crippen LogP contribution in [0.5, 0.6) is 11.5 Å². The van der Waals surface area contributed by atoms with Gasteiger partial charge in [-0.25, -0.2) is 0 Å². The second-order valence-electron chi connectivity index (χ2n) is 6.47. The second-order valence-corrected chi connectivity index (χ2v) is 6.47. The molecule has 1 heterocycles. The molecule has 2 amide bonds. The summed E-state index contributed by atoms with van der Waals surface area (Å²) in [5.74, 6) is 0.969. The molecule has 0 unspecified atom stereocenters. The number of benzene rings is 1. The third-order valence-corrected chi connectivity index (χ3v) is 4.99. The third kappa shape index (κ3) is 2.90. The Morgan fingerprint density at radius 1 is 1.08 bits per heavy atom. The Labute approximate surface area is 142 Å². The molecule has 5 nitrogen and oxygen atoms in total. The van der Waals surface area contributed by atoms with Crippen LogP contribution in [0.4, 0.5) is 0 Å². The smallest absolute Gasteiger partial charge is 0.233 e. The minimum Gasteiger partial charge on any atom is -0.493 e. The van der Waals surface area contributed by atoms with Crippen molar-refractivity contribution >= 4 is 11.8 Å². The molecule has 1 aromatic carbocycles. The number of likely N-dealkylation sites (tertiary alicyclic amines) is 1. The fourth-order valence-corrected chi connectivity index (χ4v) is 3.60. The quantitative estimate of drug-likeness (QED) is 0.615. The molecule has 0 radical (unpaired) electrons. The summed E-state index contributed by atoms with van der Waals surface area (Å²) in [5, 5.41) is 0. The van der Waals surface area contributed by atoms with Crippen LogP contribution in [-0.4, -0.2) is 37.5 Å². The molecule has 0 N–H and O–H groups in total. The molecule has 0 spiro atoms. The Hall–Kier alpha value is -2.30. The van der Waals surface area contributed by atoms with E-state index in [1.54, 1.807) is 14.2 Å². The highest BCUT2D eigenvalue weighted by molar-refractivity contribution is 6.05. The van der Waals surface area contributed by atoms with Gasteiger partial charge in [-0.3, -0.25) is 14.5 Å². The number of allylic oxidation sites excluding steroid dienone is 2. The number of hydrogen-bond donors (Lipinski definition) is 0. The van der Waals surface area contributed by atoms with Crippen LogP contribution in [0, 0.1) is 11.8 Å². The lowest BCUT2D eigenvalue weighted by Gasteiger charge is -2.19. The number of nitrogens with zero attached hydrogens (tertiary/aromatic N) is 1. The molecule has 2 atom stereocenters. The summed E-state index contributed by atoms with van der Waals surface area (Å²) < 4.78 is 10.5. The Balaban J connectivity index is 1.69. The molecule has 0 aromatic heterocycles. The van der Waals surface area contributed by atoms with E-state index in [1.165, 1.54) is 10.5 Å². The van der Waals surface area contributed by atoms with E-state index < -0.39 is 0 Å². The number of imide groups is 1. The molecule has 1 saturated heterocycles. The Kier molecular flexibility index (Phi) is 4.60. The van der Waals surface area contributed by atoms with Crippen molar-refractivity contribution in [2.24, 2.45) is 11.8 Å². The Morgan fingerprint density at radius 3 is 2.50 bits per heavy atom. The normalized spacial score (nSPS) is 23.1. The zero-order valence-electron chi connectivity index (χ0n) is 14.4. The van der Waals surface area contributed by atoms with Gasteiger partial charge in [0.05, 0.1) is 26.1 Å². The predicted molar refractivity (Wildman–Crippen MR) is 89.9 cm³/mol. The van der Waals surface area contributed by atoms with Gasteiger partial charge < -0.3 is 9.47 Å². The van der Waals surface area contributed by atoms with Crippen molar-refractivity contribution in [3.05, 3.63) is 35.4 Å². The van der Waals surface area contributed by atoms with E-state index in [0.29, 0.717) is 37.3 Å². The summed E-state index contributed by atoms with van der Waals surface area (Å²) in [4.78, 5) is 26.5. The first-order chi connectivity index (χ1) is 11.5. The Morgan fingerprint density at radius 2 is 1.79 bits per heavy atom. The first-order valence-corrected chi connectivity index (χ1v) is 8.27. The molecular formula is C19H23NO4. The fourth-order valence-electron chi connectivity index (χ4n) is 3.60. The first-order valence-electron chi connectivity index (χ1n) is 8.27. The number of carbonyl (C=O) groups is 2. The van der Waals surface area contributed by atoms with Crippen molar-refractivity contribution in [2.45, 2.75) is 26.2 Å². The van der Waals surface area contributed by atoms with E-state index in [2.05, 4.69) is 6.08 Å².